The van der Waals surface area contributed by atoms with Crippen molar-refractivity contribution in [3.63, 3.8) is 0 Å². The van der Waals surface area contributed by atoms with E-state index in [4.69, 9.17) is 4.74 Å². The van der Waals surface area contributed by atoms with Crippen molar-refractivity contribution in [3.8, 4) is 5.75 Å². The van der Waals surface area contributed by atoms with Crippen LogP contribution in [-0.4, -0.2) is 18.4 Å². The summed E-state index contributed by atoms with van der Waals surface area (Å²) in [6.07, 6.45) is 0.723. The Morgan fingerprint density at radius 2 is 1.75 bits per heavy atom. The van der Waals surface area contributed by atoms with E-state index in [1.807, 2.05) is 39.0 Å². The van der Waals surface area contributed by atoms with Crippen LogP contribution in [0.2, 0.25) is 0 Å². The van der Waals surface area contributed by atoms with E-state index in [0.717, 1.165) is 17.5 Å². The molecule has 1 aromatic rings. The third kappa shape index (κ3) is 5.30. The van der Waals surface area contributed by atoms with E-state index in [2.05, 4.69) is 10.9 Å². The van der Waals surface area contributed by atoms with E-state index in [1.54, 1.807) is 6.92 Å². The lowest BCUT2D eigenvalue weighted by atomic mass is 10.1. The van der Waals surface area contributed by atoms with Crippen LogP contribution < -0.4 is 15.6 Å². The summed E-state index contributed by atoms with van der Waals surface area (Å²) in [5.74, 6) is -0.0744. The minimum atomic E-state index is -0.388. The topological polar surface area (TPSA) is 67.4 Å². The normalized spacial score (nSPS) is 11.6. The number of nitrogens with one attached hydrogen (secondary N) is 2. The maximum absolute atomic E-state index is 11.6. The summed E-state index contributed by atoms with van der Waals surface area (Å²) in [5, 5.41) is 0. The van der Waals surface area contributed by atoms with E-state index in [1.165, 1.54) is 0 Å². The first kappa shape index (κ1) is 16.0. The number of carbonyl (C=O) groups is 2. The van der Waals surface area contributed by atoms with Gasteiger partial charge in [0.25, 0.3) is 5.91 Å². The number of rotatable bonds is 5. The molecule has 5 nitrogen and oxygen atoms in total. The second-order valence-electron chi connectivity index (χ2n) is 4.96. The van der Waals surface area contributed by atoms with Gasteiger partial charge in [-0.1, -0.05) is 19.9 Å². The van der Waals surface area contributed by atoms with E-state index in [0.29, 0.717) is 5.75 Å². The molecular formula is C15H22N2O3. The fourth-order valence-corrected chi connectivity index (χ4v) is 1.64. The second-order valence-corrected chi connectivity index (χ2v) is 4.96. The Morgan fingerprint density at radius 1 is 1.15 bits per heavy atom. The van der Waals surface area contributed by atoms with Crippen molar-refractivity contribution in [3.05, 3.63) is 29.3 Å². The molecule has 1 atom stereocenters. The maximum atomic E-state index is 11.6. The maximum Gasteiger partial charge on any atom is 0.276 e. The molecule has 0 aliphatic carbocycles. The number of hydrogen-bond donors (Lipinski definition) is 2. The second kappa shape index (κ2) is 7.53. The van der Waals surface area contributed by atoms with Gasteiger partial charge in [0.1, 0.15) is 5.75 Å². The lowest BCUT2D eigenvalue weighted by Crippen LogP contribution is -2.45. The summed E-state index contributed by atoms with van der Waals surface area (Å²) in [6, 6.07) is 5.75. The van der Waals surface area contributed by atoms with Crippen molar-refractivity contribution >= 4 is 11.8 Å². The molecule has 0 aliphatic rings. The first-order chi connectivity index (χ1) is 9.42. The fourth-order valence-electron chi connectivity index (χ4n) is 1.64. The van der Waals surface area contributed by atoms with Gasteiger partial charge >= 0.3 is 0 Å². The predicted octanol–water partition coefficient (Wildman–Crippen LogP) is 1.88. The number of hydrazine groups is 1. The standard InChI is InChI=1S/C15H22N2O3/c1-5-12(4)15(19)17-16-14(18)9-20-13-7-10(2)6-11(3)8-13/h6-8,12H,5,9H2,1-4H3,(H,16,18)(H,17,19). The number of benzene rings is 1. The molecule has 0 heterocycles. The van der Waals surface area contributed by atoms with E-state index >= 15 is 0 Å². The van der Waals surface area contributed by atoms with E-state index < -0.39 is 0 Å². The Kier molecular flexibility index (Phi) is 6.03. The highest BCUT2D eigenvalue weighted by molar-refractivity contribution is 5.83. The third-order valence-corrected chi connectivity index (χ3v) is 2.95. The molecule has 1 unspecified atom stereocenters. The summed E-state index contributed by atoms with van der Waals surface area (Å²) in [7, 11) is 0. The Morgan fingerprint density at radius 3 is 2.30 bits per heavy atom. The van der Waals surface area contributed by atoms with Gasteiger partial charge in [-0.05, 0) is 43.5 Å². The number of aryl methyl sites for hydroxylation is 2. The van der Waals surface area contributed by atoms with Crippen molar-refractivity contribution in [1.29, 1.82) is 0 Å². The third-order valence-electron chi connectivity index (χ3n) is 2.95. The number of hydrogen-bond acceptors (Lipinski definition) is 3. The summed E-state index contributed by atoms with van der Waals surface area (Å²) >= 11 is 0. The smallest absolute Gasteiger partial charge is 0.276 e. The summed E-state index contributed by atoms with van der Waals surface area (Å²) in [6.45, 7) is 7.50. The zero-order valence-electron chi connectivity index (χ0n) is 12.4. The SMILES string of the molecule is CCC(C)C(=O)NNC(=O)COc1cc(C)cc(C)c1. The minimum absolute atomic E-state index is 0.129. The van der Waals surface area contributed by atoms with E-state index in [9.17, 15) is 9.59 Å². The van der Waals surface area contributed by atoms with Crippen LogP contribution in [0.25, 0.3) is 0 Å². The number of carbonyl (C=O) groups excluding carboxylic acids is 2. The number of amides is 2. The zero-order valence-corrected chi connectivity index (χ0v) is 12.4. The monoisotopic (exact) mass is 278 g/mol. The summed E-state index contributed by atoms with van der Waals surface area (Å²) in [5.41, 5.74) is 6.86. The molecule has 0 fully saturated rings. The van der Waals surface area contributed by atoms with Gasteiger partial charge in [0.15, 0.2) is 6.61 Å². The van der Waals surface area contributed by atoms with Gasteiger partial charge in [-0.2, -0.15) is 0 Å². The van der Waals surface area contributed by atoms with Crippen molar-refractivity contribution in [2.75, 3.05) is 6.61 Å². The Balaban J connectivity index is 2.38. The molecule has 2 N–H and O–H groups in total. The van der Waals surface area contributed by atoms with Crippen molar-refractivity contribution in [1.82, 2.24) is 10.9 Å². The quantitative estimate of drug-likeness (QED) is 0.808. The predicted molar refractivity (Wildman–Crippen MR) is 77.2 cm³/mol. The van der Waals surface area contributed by atoms with E-state index in [-0.39, 0.29) is 24.3 Å². The highest BCUT2D eigenvalue weighted by Gasteiger charge is 2.11. The molecule has 0 saturated carbocycles. The Bertz CT molecular complexity index is 466. The summed E-state index contributed by atoms with van der Waals surface area (Å²) in [4.78, 5) is 23.0. The van der Waals surface area contributed by atoms with Crippen LogP contribution in [0.5, 0.6) is 5.75 Å². The van der Waals surface area contributed by atoms with Crippen LogP contribution in [0.3, 0.4) is 0 Å². The zero-order chi connectivity index (χ0) is 15.1. The van der Waals surface area contributed by atoms with Gasteiger partial charge in [0.05, 0.1) is 0 Å². The molecule has 0 spiro atoms. The molecule has 2 amide bonds. The van der Waals surface area contributed by atoms with Gasteiger partial charge in [-0.15, -0.1) is 0 Å². The molecule has 1 rings (SSSR count). The number of ether oxygens (including phenoxy) is 1. The van der Waals surface area contributed by atoms with Gasteiger partial charge in [0.2, 0.25) is 5.91 Å². The van der Waals surface area contributed by atoms with Crippen LogP contribution in [0, 0.1) is 19.8 Å². The summed E-state index contributed by atoms with van der Waals surface area (Å²) < 4.78 is 5.39. The van der Waals surface area contributed by atoms with Crippen molar-refractivity contribution in [2.24, 2.45) is 5.92 Å². The molecule has 0 bridgehead atoms. The van der Waals surface area contributed by atoms with Crippen LogP contribution in [0.1, 0.15) is 31.4 Å². The molecule has 20 heavy (non-hydrogen) atoms. The lowest BCUT2D eigenvalue weighted by molar-refractivity contribution is -0.131. The fraction of sp³-hybridized carbons (Fsp3) is 0.467. The molecule has 0 aromatic heterocycles. The van der Waals surface area contributed by atoms with Crippen LogP contribution >= 0.6 is 0 Å². The average molecular weight is 278 g/mol. The lowest BCUT2D eigenvalue weighted by Gasteiger charge is -2.12. The van der Waals surface area contributed by atoms with Crippen LogP contribution in [0.15, 0.2) is 18.2 Å². The van der Waals surface area contributed by atoms with Crippen molar-refractivity contribution < 1.29 is 14.3 Å². The molecule has 110 valence electrons. The van der Waals surface area contributed by atoms with Gasteiger partial charge in [-0.25, -0.2) is 0 Å². The Hall–Kier alpha value is -2.04. The molecule has 0 saturated heterocycles. The minimum Gasteiger partial charge on any atom is -0.484 e. The van der Waals surface area contributed by atoms with Crippen LogP contribution in [-0.2, 0) is 9.59 Å². The molecular weight excluding hydrogens is 256 g/mol. The molecule has 5 heteroatoms. The van der Waals surface area contributed by atoms with Gasteiger partial charge < -0.3 is 4.74 Å². The van der Waals surface area contributed by atoms with Gasteiger partial charge in [0, 0.05) is 5.92 Å². The average Bonchev–Trinajstić information content (AvgIpc) is 2.40. The highest BCUT2D eigenvalue weighted by Crippen LogP contribution is 2.15. The highest BCUT2D eigenvalue weighted by atomic mass is 16.5. The Labute approximate surface area is 119 Å². The van der Waals surface area contributed by atoms with Crippen LogP contribution in [0.4, 0.5) is 0 Å². The largest absolute Gasteiger partial charge is 0.484 e. The van der Waals surface area contributed by atoms with Crippen molar-refractivity contribution in [2.45, 2.75) is 34.1 Å². The van der Waals surface area contributed by atoms with Gasteiger partial charge in [-0.3, -0.25) is 20.4 Å². The first-order valence-corrected chi connectivity index (χ1v) is 6.72. The molecule has 1 aromatic carbocycles. The first-order valence-electron chi connectivity index (χ1n) is 6.72. The molecule has 0 aliphatic heterocycles. The molecule has 0 radical (unpaired) electrons.